The zero-order valence-corrected chi connectivity index (χ0v) is 10.9. The summed E-state index contributed by atoms with van der Waals surface area (Å²) in [5, 5.41) is 0. The Balaban J connectivity index is 0.000000771. The highest BCUT2D eigenvalue weighted by Gasteiger charge is 2.36. The van der Waals surface area contributed by atoms with Crippen molar-refractivity contribution in [3.8, 4) is 5.75 Å². The Hall–Kier alpha value is -1.19. The fourth-order valence-corrected chi connectivity index (χ4v) is 1.91. The van der Waals surface area contributed by atoms with E-state index in [2.05, 4.69) is 6.92 Å². The minimum absolute atomic E-state index is 0.0492. The molecule has 1 fully saturated rings. The molecule has 0 radical (unpaired) electrons. The second kappa shape index (κ2) is 6.12. The smallest absolute Gasteiger partial charge is 0.419 e. The summed E-state index contributed by atoms with van der Waals surface area (Å²) < 4.78 is 43.2. The van der Waals surface area contributed by atoms with E-state index < -0.39 is 11.7 Å². The van der Waals surface area contributed by atoms with E-state index in [1.54, 1.807) is 6.07 Å². The van der Waals surface area contributed by atoms with Crippen molar-refractivity contribution in [3.05, 3.63) is 29.8 Å². The van der Waals surface area contributed by atoms with Gasteiger partial charge in [-0.15, -0.1) is 0 Å². The quantitative estimate of drug-likeness (QED) is 0.734. The molecule has 1 aromatic carbocycles. The SMILES string of the molecule is CC.CC1CC(Oc2ccccc2C(F)(F)F)C1. The first-order valence-corrected chi connectivity index (χ1v) is 6.29. The molecule has 0 N–H and O–H groups in total. The molecule has 0 amide bonds. The van der Waals surface area contributed by atoms with Gasteiger partial charge in [-0.05, 0) is 30.9 Å². The molecule has 0 aliphatic heterocycles. The molecule has 1 aromatic rings. The van der Waals surface area contributed by atoms with E-state index >= 15 is 0 Å². The standard InChI is InChI=1S/C12H13F3O.C2H6/c1-8-6-9(7-8)16-11-5-3-2-4-10(11)12(13,14)15;1-2/h2-5,8-9H,6-7H2,1H3;1-2H3. The highest BCUT2D eigenvalue weighted by molar-refractivity contribution is 5.35. The topological polar surface area (TPSA) is 9.23 Å². The first-order valence-electron chi connectivity index (χ1n) is 6.29. The van der Waals surface area contributed by atoms with Gasteiger partial charge < -0.3 is 4.74 Å². The number of ether oxygens (including phenoxy) is 1. The van der Waals surface area contributed by atoms with Crippen molar-refractivity contribution in [1.29, 1.82) is 0 Å². The van der Waals surface area contributed by atoms with Gasteiger partial charge in [0.15, 0.2) is 0 Å². The summed E-state index contributed by atoms with van der Waals surface area (Å²) in [5.74, 6) is 0.509. The Morgan fingerprint density at radius 1 is 1.11 bits per heavy atom. The molecule has 1 saturated carbocycles. The number of hydrogen-bond acceptors (Lipinski definition) is 1. The van der Waals surface area contributed by atoms with E-state index in [-0.39, 0.29) is 11.9 Å². The molecule has 1 nitrogen and oxygen atoms in total. The van der Waals surface area contributed by atoms with Gasteiger partial charge in [-0.25, -0.2) is 0 Å². The Bertz CT molecular complexity index is 368. The van der Waals surface area contributed by atoms with Crippen LogP contribution in [0.5, 0.6) is 5.75 Å². The summed E-state index contributed by atoms with van der Waals surface area (Å²) in [6.07, 6.45) is -2.72. The molecule has 4 heteroatoms. The summed E-state index contributed by atoms with van der Waals surface area (Å²) in [5.41, 5.74) is -0.686. The maximum absolute atomic E-state index is 12.6. The average molecular weight is 260 g/mol. The van der Waals surface area contributed by atoms with Gasteiger partial charge in [0.2, 0.25) is 0 Å². The Labute approximate surface area is 106 Å². The molecule has 0 heterocycles. The minimum atomic E-state index is -4.34. The van der Waals surface area contributed by atoms with Gasteiger partial charge in [0.25, 0.3) is 0 Å². The van der Waals surface area contributed by atoms with Crippen LogP contribution >= 0.6 is 0 Å². The van der Waals surface area contributed by atoms with E-state index in [4.69, 9.17) is 4.74 Å². The fraction of sp³-hybridized carbons (Fsp3) is 0.571. The summed E-state index contributed by atoms with van der Waals surface area (Å²) in [6.45, 7) is 6.07. The van der Waals surface area contributed by atoms with Crippen molar-refractivity contribution >= 4 is 0 Å². The number of halogens is 3. The van der Waals surface area contributed by atoms with Gasteiger partial charge in [0.05, 0.1) is 11.7 Å². The van der Waals surface area contributed by atoms with E-state index in [0.717, 1.165) is 18.9 Å². The molecule has 0 spiro atoms. The third-order valence-electron chi connectivity index (χ3n) is 2.82. The fourth-order valence-electron chi connectivity index (χ4n) is 1.91. The van der Waals surface area contributed by atoms with Crippen LogP contribution in [0.2, 0.25) is 0 Å². The van der Waals surface area contributed by atoms with E-state index in [1.807, 2.05) is 13.8 Å². The predicted molar refractivity (Wildman–Crippen MR) is 65.6 cm³/mol. The van der Waals surface area contributed by atoms with Gasteiger partial charge in [-0.3, -0.25) is 0 Å². The average Bonchev–Trinajstić information content (AvgIpc) is 2.29. The van der Waals surface area contributed by atoms with Crippen LogP contribution in [0.25, 0.3) is 0 Å². The number of para-hydroxylation sites is 1. The molecule has 0 atom stereocenters. The third kappa shape index (κ3) is 3.65. The molecule has 0 aromatic heterocycles. The lowest BCUT2D eigenvalue weighted by atomic mass is 9.84. The molecule has 0 unspecified atom stereocenters. The predicted octanol–water partition coefficient (Wildman–Crippen LogP) is 4.91. The van der Waals surface area contributed by atoms with Crippen molar-refractivity contribution in [2.75, 3.05) is 0 Å². The molecular formula is C14H19F3O. The molecular weight excluding hydrogens is 241 g/mol. The second-order valence-electron chi connectivity index (χ2n) is 4.31. The van der Waals surface area contributed by atoms with Gasteiger partial charge in [0.1, 0.15) is 5.75 Å². The zero-order chi connectivity index (χ0) is 13.8. The zero-order valence-electron chi connectivity index (χ0n) is 10.9. The highest BCUT2D eigenvalue weighted by Crippen LogP contribution is 2.38. The van der Waals surface area contributed by atoms with Gasteiger partial charge in [-0.2, -0.15) is 13.2 Å². The normalized spacial score (nSPS) is 22.6. The van der Waals surface area contributed by atoms with Crippen molar-refractivity contribution in [3.63, 3.8) is 0 Å². The molecule has 0 saturated heterocycles. The molecule has 102 valence electrons. The second-order valence-corrected chi connectivity index (χ2v) is 4.31. The molecule has 1 aliphatic carbocycles. The van der Waals surface area contributed by atoms with Crippen LogP contribution in [0.4, 0.5) is 13.2 Å². The van der Waals surface area contributed by atoms with Crippen LogP contribution in [0.15, 0.2) is 24.3 Å². The summed E-state index contributed by atoms with van der Waals surface area (Å²) in [6, 6.07) is 5.37. The summed E-state index contributed by atoms with van der Waals surface area (Å²) in [7, 11) is 0. The molecule has 0 bridgehead atoms. The van der Waals surface area contributed by atoms with Crippen LogP contribution in [0.1, 0.15) is 39.2 Å². The van der Waals surface area contributed by atoms with Crippen LogP contribution in [0, 0.1) is 5.92 Å². The number of alkyl halides is 3. The summed E-state index contributed by atoms with van der Waals surface area (Å²) in [4.78, 5) is 0. The maximum Gasteiger partial charge on any atom is 0.419 e. The molecule has 2 rings (SSSR count). The van der Waals surface area contributed by atoms with Crippen LogP contribution in [0.3, 0.4) is 0 Å². The van der Waals surface area contributed by atoms with Crippen LogP contribution in [-0.4, -0.2) is 6.10 Å². The minimum Gasteiger partial charge on any atom is -0.490 e. The Morgan fingerprint density at radius 3 is 2.17 bits per heavy atom. The Kier molecular flexibility index (Phi) is 5.05. The van der Waals surface area contributed by atoms with E-state index in [0.29, 0.717) is 5.92 Å². The van der Waals surface area contributed by atoms with Crippen LogP contribution in [-0.2, 0) is 6.18 Å². The molecule has 18 heavy (non-hydrogen) atoms. The van der Waals surface area contributed by atoms with Gasteiger partial charge >= 0.3 is 6.18 Å². The van der Waals surface area contributed by atoms with Gasteiger partial charge in [0, 0.05) is 0 Å². The van der Waals surface area contributed by atoms with E-state index in [1.165, 1.54) is 12.1 Å². The largest absolute Gasteiger partial charge is 0.490 e. The van der Waals surface area contributed by atoms with Gasteiger partial charge in [-0.1, -0.05) is 32.9 Å². The first-order chi connectivity index (χ1) is 8.47. The highest BCUT2D eigenvalue weighted by atomic mass is 19.4. The Morgan fingerprint density at radius 2 is 1.67 bits per heavy atom. The monoisotopic (exact) mass is 260 g/mol. The number of hydrogen-bond donors (Lipinski definition) is 0. The van der Waals surface area contributed by atoms with Crippen molar-refractivity contribution in [2.45, 2.75) is 45.9 Å². The number of rotatable bonds is 2. The molecule has 1 aliphatic rings. The van der Waals surface area contributed by atoms with Crippen molar-refractivity contribution in [1.82, 2.24) is 0 Å². The van der Waals surface area contributed by atoms with Crippen molar-refractivity contribution in [2.24, 2.45) is 5.92 Å². The maximum atomic E-state index is 12.6. The van der Waals surface area contributed by atoms with E-state index in [9.17, 15) is 13.2 Å². The lowest BCUT2D eigenvalue weighted by Gasteiger charge is -2.33. The number of benzene rings is 1. The van der Waals surface area contributed by atoms with Crippen LogP contribution < -0.4 is 4.74 Å². The third-order valence-corrected chi connectivity index (χ3v) is 2.82. The van der Waals surface area contributed by atoms with Crippen molar-refractivity contribution < 1.29 is 17.9 Å². The first kappa shape index (κ1) is 14.9. The summed E-state index contributed by atoms with van der Waals surface area (Å²) >= 11 is 0. The lowest BCUT2D eigenvalue weighted by Crippen LogP contribution is -2.32. The lowest BCUT2D eigenvalue weighted by molar-refractivity contribution is -0.139.